The SMILES string of the molecule is CC(=O)c1ccc(N2CCN(C)CC2C)c(Br)c1. The Morgan fingerprint density at radius 2 is 2.11 bits per heavy atom. The van der Waals surface area contributed by atoms with Crippen LogP contribution >= 0.6 is 15.9 Å². The fourth-order valence-electron chi connectivity index (χ4n) is 2.46. The van der Waals surface area contributed by atoms with Crippen LogP contribution in [-0.2, 0) is 0 Å². The number of piperazine rings is 1. The fraction of sp³-hybridized carbons (Fsp3) is 0.500. The molecular formula is C14H19BrN2O. The van der Waals surface area contributed by atoms with Crippen LogP contribution in [0.1, 0.15) is 24.2 Å². The first-order valence-corrected chi connectivity index (χ1v) is 7.04. The number of likely N-dealkylation sites (N-methyl/N-ethyl adjacent to an activating group) is 1. The molecule has 1 fully saturated rings. The van der Waals surface area contributed by atoms with E-state index >= 15 is 0 Å². The molecule has 0 radical (unpaired) electrons. The Balaban J connectivity index is 2.26. The second-order valence-electron chi connectivity index (χ2n) is 5.03. The van der Waals surface area contributed by atoms with Gasteiger partial charge in [-0.3, -0.25) is 4.79 Å². The highest BCUT2D eigenvalue weighted by Gasteiger charge is 2.23. The molecule has 1 heterocycles. The lowest BCUT2D eigenvalue weighted by molar-refractivity contribution is 0.101. The van der Waals surface area contributed by atoms with Crippen molar-refractivity contribution in [2.24, 2.45) is 0 Å². The second kappa shape index (κ2) is 5.41. The molecule has 1 aliphatic heterocycles. The van der Waals surface area contributed by atoms with E-state index in [0.29, 0.717) is 6.04 Å². The van der Waals surface area contributed by atoms with E-state index < -0.39 is 0 Å². The third-order valence-electron chi connectivity index (χ3n) is 3.49. The monoisotopic (exact) mass is 310 g/mol. The first kappa shape index (κ1) is 13.6. The fourth-order valence-corrected chi connectivity index (χ4v) is 3.06. The van der Waals surface area contributed by atoms with Crippen molar-refractivity contribution < 1.29 is 4.79 Å². The number of rotatable bonds is 2. The van der Waals surface area contributed by atoms with Gasteiger partial charge in [0.1, 0.15) is 0 Å². The van der Waals surface area contributed by atoms with Gasteiger partial charge in [0.15, 0.2) is 5.78 Å². The van der Waals surface area contributed by atoms with Gasteiger partial charge in [0.2, 0.25) is 0 Å². The van der Waals surface area contributed by atoms with Gasteiger partial charge in [-0.15, -0.1) is 0 Å². The van der Waals surface area contributed by atoms with Gasteiger partial charge in [0.25, 0.3) is 0 Å². The van der Waals surface area contributed by atoms with Crippen LogP contribution in [0.2, 0.25) is 0 Å². The Bertz CT molecular complexity index is 461. The molecule has 0 amide bonds. The van der Waals surface area contributed by atoms with E-state index in [1.54, 1.807) is 6.92 Å². The number of halogens is 1. The average molecular weight is 311 g/mol. The average Bonchev–Trinajstić information content (AvgIpc) is 2.30. The molecule has 0 aromatic heterocycles. The molecule has 0 saturated carbocycles. The number of carbonyl (C=O) groups excluding carboxylic acids is 1. The minimum atomic E-state index is 0.105. The minimum absolute atomic E-state index is 0.105. The zero-order valence-corrected chi connectivity index (χ0v) is 12.7. The van der Waals surface area contributed by atoms with Crippen LogP contribution in [0, 0.1) is 0 Å². The number of ketones is 1. The van der Waals surface area contributed by atoms with Gasteiger partial charge in [-0.1, -0.05) is 0 Å². The molecule has 1 aromatic rings. The molecule has 3 nitrogen and oxygen atoms in total. The normalized spacial score (nSPS) is 21.1. The molecule has 1 aromatic carbocycles. The van der Waals surface area contributed by atoms with Gasteiger partial charge in [0.05, 0.1) is 5.69 Å². The van der Waals surface area contributed by atoms with Crippen LogP contribution < -0.4 is 4.90 Å². The number of benzene rings is 1. The van der Waals surface area contributed by atoms with Crippen molar-refractivity contribution in [3.63, 3.8) is 0 Å². The van der Waals surface area contributed by atoms with Gasteiger partial charge in [-0.25, -0.2) is 0 Å². The van der Waals surface area contributed by atoms with E-state index in [2.05, 4.69) is 39.7 Å². The van der Waals surface area contributed by atoms with Crippen LogP contribution in [0.25, 0.3) is 0 Å². The van der Waals surface area contributed by atoms with Gasteiger partial charge < -0.3 is 9.80 Å². The van der Waals surface area contributed by atoms with Gasteiger partial charge in [-0.05, 0) is 55.0 Å². The molecule has 0 aliphatic carbocycles. The largest absolute Gasteiger partial charge is 0.365 e. The Kier molecular flexibility index (Phi) is 4.07. The van der Waals surface area contributed by atoms with E-state index in [-0.39, 0.29) is 5.78 Å². The van der Waals surface area contributed by atoms with Gasteiger partial charge in [-0.2, -0.15) is 0 Å². The molecule has 2 rings (SSSR count). The molecule has 98 valence electrons. The quantitative estimate of drug-likeness (QED) is 0.785. The van der Waals surface area contributed by atoms with Gasteiger partial charge >= 0.3 is 0 Å². The van der Waals surface area contributed by atoms with E-state index in [9.17, 15) is 4.79 Å². The number of carbonyl (C=O) groups is 1. The zero-order chi connectivity index (χ0) is 13.3. The van der Waals surface area contributed by atoms with Gasteiger partial charge in [0, 0.05) is 35.7 Å². The lowest BCUT2D eigenvalue weighted by Crippen LogP contribution is -2.50. The summed E-state index contributed by atoms with van der Waals surface area (Å²) in [6.07, 6.45) is 0. The maximum absolute atomic E-state index is 11.4. The maximum Gasteiger partial charge on any atom is 0.159 e. The summed E-state index contributed by atoms with van der Waals surface area (Å²) >= 11 is 3.59. The van der Waals surface area contributed by atoms with E-state index in [1.165, 1.54) is 5.69 Å². The minimum Gasteiger partial charge on any atom is -0.365 e. The standard InChI is InChI=1S/C14H19BrN2O/c1-10-9-16(3)6-7-17(10)14-5-4-12(11(2)18)8-13(14)15/h4-5,8,10H,6-7,9H2,1-3H3. The first-order chi connectivity index (χ1) is 8.49. The molecule has 1 atom stereocenters. The lowest BCUT2D eigenvalue weighted by Gasteiger charge is -2.40. The van der Waals surface area contributed by atoms with E-state index in [4.69, 9.17) is 0 Å². The first-order valence-electron chi connectivity index (χ1n) is 6.24. The topological polar surface area (TPSA) is 23.6 Å². The summed E-state index contributed by atoms with van der Waals surface area (Å²) in [5.41, 5.74) is 1.94. The second-order valence-corrected chi connectivity index (χ2v) is 5.88. The third kappa shape index (κ3) is 2.75. The summed E-state index contributed by atoms with van der Waals surface area (Å²) in [5, 5.41) is 0. The molecule has 0 bridgehead atoms. The van der Waals surface area contributed by atoms with E-state index in [0.717, 1.165) is 29.7 Å². The van der Waals surface area contributed by atoms with Crippen molar-refractivity contribution in [2.45, 2.75) is 19.9 Å². The smallest absolute Gasteiger partial charge is 0.159 e. The summed E-state index contributed by atoms with van der Waals surface area (Å²) in [6.45, 7) is 7.00. The highest BCUT2D eigenvalue weighted by Crippen LogP contribution is 2.30. The van der Waals surface area contributed by atoms with Crippen LogP contribution in [0.15, 0.2) is 22.7 Å². The number of hydrogen-bond donors (Lipinski definition) is 0. The highest BCUT2D eigenvalue weighted by molar-refractivity contribution is 9.10. The van der Waals surface area contributed by atoms with Crippen LogP contribution in [-0.4, -0.2) is 43.4 Å². The Morgan fingerprint density at radius 3 is 2.67 bits per heavy atom. The molecule has 0 N–H and O–H groups in total. The van der Waals surface area contributed by atoms with Crippen LogP contribution in [0.5, 0.6) is 0 Å². The number of Topliss-reactive ketones (excluding diaryl/α,β-unsaturated/α-hetero) is 1. The lowest BCUT2D eigenvalue weighted by atomic mass is 10.1. The summed E-state index contributed by atoms with van der Waals surface area (Å²) in [7, 11) is 2.15. The summed E-state index contributed by atoms with van der Waals surface area (Å²) in [4.78, 5) is 16.1. The number of hydrogen-bond acceptors (Lipinski definition) is 3. The molecule has 1 saturated heterocycles. The Hall–Kier alpha value is -0.870. The Labute approximate surface area is 117 Å². The molecular weight excluding hydrogens is 292 g/mol. The van der Waals surface area contributed by atoms with Crippen molar-refractivity contribution in [3.8, 4) is 0 Å². The molecule has 0 spiro atoms. The van der Waals surface area contributed by atoms with Crippen molar-refractivity contribution in [3.05, 3.63) is 28.2 Å². The van der Waals surface area contributed by atoms with Crippen molar-refractivity contribution in [2.75, 3.05) is 31.6 Å². The zero-order valence-electron chi connectivity index (χ0n) is 11.1. The van der Waals surface area contributed by atoms with Crippen molar-refractivity contribution in [1.29, 1.82) is 0 Å². The van der Waals surface area contributed by atoms with Crippen LogP contribution in [0.4, 0.5) is 5.69 Å². The summed E-state index contributed by atoms with van der Waals surface area (Å²) in [5.74, 6) is 0.105. The molecule has 1 unspecified atom stereocenters. The summed E-state index contributed by atoms with van der Waals surface area (Å²) < 4.78 is 1.01. The Morgan fingerprint density at radius 1 is 1.39 bits per heavy atom. The number of nitrogens with zero attached hydrogens (tertiary/aromatic N) is 2. The maximum atomic E-state index is 11.4. The molecule has 1 aliphatic rings. The molecule has 4 heteroatoms. The predicted molar refractivity (Wildman–Crippen MR) is 78.5 cm³/mol. The molecule has 18 heavy (non-hydrogen) atoms. The van der Waals surface area contributed by atoms with Crippen molar-refractivity contribution >= 4 is 27.4 Å². The predicted octanol–water partition coefficient (Wildman–Crippen LogP) is 2.79. The highest BCUT2D eigenvalue weighted by atomic mass is 79.9. The van der Waals surface area contributed by atoms with Crippen LogP contribution in [0.3, 0.4) is 0 Å². The number of anilines is 1. The van der Waals surface area contributed by atoms with E-state index in [1.807, 2.05) is 18.2 Å². The summed E-state index contributed by atoms with van der Waals surface area (Å²) in [6, 6.07) is 6.36. The van der Waals surface area contributed by atoms with Crippen molar-refractivity contribution in [1.82, 2.24) is 4.90 Å². The third-order valence-corrected chi connectivity index (χ3v) is 4.13.